The molecule has 0 aliphatic carbocycles. The van der Waals surface area contributed by atoms with Gasteiger partial charge in [-0.15, -0.1) is 0 Å². The minimum atomic E-state index is -0.773. The van der Waals surface area contributed by atoms with Crippen LogP contribution in [0.1, 0.15) is 36.0 Å². The largest absolute Gasteiger partial charge is 0.481 e. The third kappa shape index (κ3) is 3.96. The average Bonchev–Trinajstić information content (AvgIpc) is 2.52. The van der Waals surface area contributed by atoms with Crippen LogP contribution in [-0.2, 0) is 4.79 Å². The molecule has 120 valence electrons. The van der Waals surface area contributed by atoms with Crippen LogP contribution in [0.15, 0.2) is 18.5 Å². The molecule has 1 aromatic rings. The van der Waals surface area contributed by atoms with Gasteiger partial charge < -0.3 is 14.9 Å². The van der Waals surface area contributed by atoms with Crippen molar-refractivity contribution >= 4 is 17.6 Å². The molecule has 1 aliphatic rings. The quantitative estimate of drug-likeness (QED) is 0.899. The molecule has 1 atom stereocenters. The van der Waals surface area contributed by atoms with E-state index < -0.39 is 5.97 Å². The zero-order valence-electron chi connectivity index (χ0n) is 13.2. The van der Waals surface area contributed by atoms with Gasteiger partial charge in [0.15, 0.2) is 0 Å². The van der Waals surface area contributed by atoms with Crippen LogP contribution < -0.4 is 4.90 Å². The highest BCUT2D eigenvalue weighted by Crippen LogP contribution is 2.25. The lowest BCUT2D eigenvalue weighted by Gasteiger charge is -2.33. The summed E-state index contributed by atoms with van der Waals surface area (Å²) in [4.78, 5) is 31.3. The maximum Gasteiger partial charge on any atom is 0.303 e. The molecule has 0 saturated carbocycles. The zero-order chi connectivity index (χ0) is 16.1. The Morgan fingerprint density at radius 3 is 2.91 bits per heavy atom. The Morgan fingerprint density at radius 1 is 1.45 bits per heavy atom. The first-order valence-electron chi connectivity index (χ1n) is 7.61. The van der Waals surface area contributed by atoms with E-state index in [2.05, 4.69) is 4.98 Å². The van der Waals surface area contributed by atoms with Gasteiger partial charge >= 0.3 is 5.97 Å². The van der Waals surface area contributed by atoms with E-state index in [4.69, 9.17) is 5.11 Å². The second-order valence-electron chi connectivity index (χ2n) is 5.98. The number of carboxylic acids is 1. The Hall–Kier alpha value is -2.11. The number of hydrogen-bond acceptors (Lipinski definition) is 4. The Labute approximate surface area is 130 Å². The van der Waals surface area contributed by atoms with E-state index in [0.717, 1.165) is 25.1 Å². The smallest absolute Gasteiger partial charge is 0.303 e. The standard InChI is InChI=1S/C16H23N3O3/c1-18(2)14-7-8-17-10-13(14)16(22)19-9-3-4-12(11-19)5-6-15(20)21/h7-8,10,12H,3-6,9,11H2,1-2H3,(H,20,21). The number of carbonyl (C=O) groups is 2. The normalized spacial score (nSPS) is 18.1. The SMILES string of the molecule is CN(C)c1ccncc1C(=O)N1CCCC(CCC(=O)O)C1. The summed E-state index contributed by atoms with van der Waals surface area (Å²) in [6, 6.07) is 1.83. The maximum absolute atomic E-state index is 12.8. The molecule has 1 aliphatic heterocycles. The molecular formula is C16H23N3O3. The maximum atomic E-state index is 12.8. The number of carbonyl (C=O) groups excluding carboxylic acids is 1. The molecular weight excluding hydrogens is 282 g/mol. The number of hydrogen-bond donors (Lipinski definition) is 1. The monoisotopic (exact) mass is 305 g/mol. The van der Waals surface area contributed by atoms with Crippen molar-refractivity contribution in [3.8, 4) is 0 Å². The van der Waals surface area contributed by atoms with E-state index in [1.807, 2.05) is 30.0 Å². The van der Waals surface area contributed by atoms with Crippen LogP contribution in [0, 0.1) is 5.92 Å². The van der Waals surface area contributed by atoms with E-state index in [9.17, 15) is 9.59 Å². The van der Waals surface area contributed by atoms with Crippen molar-refractivity contribution in [3.05, 3.63) is 24.0 Å². The fourth-order valence-electron chi connectivity index (χ4n) is 2.92. The fraction of sp³-hybridized carbons (Fsp3) is 0.562. The van der Waals surface area contributed by atoms with Crippen LogP contribution in [-0.4, -0.2) is 54.1 Å². The van der Waals surface area contributed by atoms with Crippen molar-refractivity contribution in [2.24, 2.45) is 5.92 Å². The minimum absolute atomic E-state index is 0.0168. The number of rotatable bonds is 5. The summed E-state index contributed by atoms with van der Waals surface area (Å²) in [6.45, 7) is 1.36. The van der Waals surface area contributed by atoms with Gasteiger partial charge in [0.1, 0.15) is 0 Å². The molecule has 2 heterocycles. The van der Waals surface area contributed by atoms with Crippen molar-refractivity contribution < 1.29 is 14.7 Å². The second-order valence-corrected chi connectivity index (χ2v) is 5.98. The lowest BCUT2D eigenvalue weighted by atomic mass is 9.93. The molecule has 22 heavy (non-hydrogen) atoms. The van der Waals surface area contributed by atoms with Crippen LogP contribution in [0.25, 0.3) is 0 Å². The lowest BCUT2D eigenvalue weighted by molar-refractivity contribution is -0.137. The highest BCUT2D eigenvalue weighted by atomic mass is 16.4. The molecule has 0 bridgehead atoms. The molecule has 6 heteroatoms. The summed E-state index contributed by atoms with van der Waals surface area (Å²) in [5.41, 5.74) is 1.46. The van der Waals surface area contributed by atoms with Gasteiger partial charge in [0.05, 0.1) is 11.3 Å². The van der Waals surface area contributed by atoms with E-state index in [-0.39, 0.29) is 18.2 Å². The molecule has 1 fully saturated rings. The van der Waals surface area contributed by atoms with E-state index >= 15 is 0 Å². The Balaban J connectivity index is 2.07. The molecule has 1 saturated heterocycles. The summed E-state index contributed by atoms with van der Waals surface area (Å²) in [5.74, 6) is -0.518. The highest BCUT2D eigenvalue weighted by molar-refractivity contribution is 5.99. The van der Waals surface area contributed by atoms with Crippen molar-refractivity contribution in [1.82, 2.24) is 9.88 Å². The second kappa shape index (κ2) is 7.24. The average molecular weight is 305 g/mol. The summed E-state index contributed by atoms with van der Waals surface area (Å²) in [7, 11) is 3.80. The Kier molecular flexibility index (Phi) is 5.35. The minimum Gasteiger partial charge on any atom is -0.481 e. The number of aromatic nitrogens is 1. The summed E-state index contributed by atoms with van der Waals surface area (Å²) >= 11 is 0. The number of piperidine rings is 1. The van der Waals surface area contributed by atoms with Crippen molar-refractivity contribution in [1.29, 1.82) is 0 Å². The van der Waals surface area contributed by atoms with E-state index in [1.54, 1.807) is 12.4 Å². The van der Waals surface area contributed by atoms with E-state index in [1.165, 1.54) is 0 Å². The molecule has 0 aromatic carbocycles. The number of likely N-dealkylation sites (tertiary alicyclic amines) is 1. The van der Waals surface area contributed by atoms with Gasteiger partial charge in [0, 0.05) is 46.0 Å². The first-order valence-corrected chi connectivity index (χ1v) is 7.61. The molecule has 2 rings (SSSR count). The molecule has 1 amide bonds. The Bertz CT molecular complexity index is 545. The zero-order valence-corrected chi connectivity index (χ0v) is 13.2. The number of anilines is 1. The van der Waals surface area contributed by atoms with Crippen molar-refractivity contribution in [2.75, 3.05) is 32.1 Å². The van der Waals surface area contributed by atoms with Gasteiger partial charge in [-0.2, -0.15) is 0 Å². The third-order valence-electron chi connectivity index (χ3n) is 4.08. The van der Waals surface area contributed by atoms with Gasteiger partial charge in [0.2, 0.25) is 0 Å². The number of carboxylic acid groups (broad SMARTS) is 1. The van der Waals surface area contributed by atoms with Crippen molar-refractivity contribution in [2.45, 2.75) is 25.7 Å². The van der Waals surface area contributed by atoms with Crippen LogP contribution >= 0.6 is 0 Å². The number of nitrogens with zero attached hydrogens (tertiary/aromatic N) is 3. The van der Waals surface area contributed by atoms with Crippen LogP contribution in [0.2, 0.25) is 0 Å². The first-order chi connectivity index (χ1) is 10.5. The lowest BCUT2D eigenvalue weighted by Crippen LogP contribution is -2.40. The third-order valence-corrected chi connectivity index (χ3v) is 4.08. The predicted octanol–water partition coefficient (Wildman–Crippen LogP) is 1.86. The van der Waals surface area contributed by atoms with Gasteiger partial charge in [-0.25, -0.2) is 0 Å². The van der Waals surface area contributed by atoms with Crippen LogP contribution in [0.3, 0.4) is 0 Å². The van der Waals surface area contributed by atoms with Crippen LogP contribution in [0.5, 0.6) is 0 Å². The number of amides is 1. The van der Waals surface area contributed by atoms with Crippen molar-refractivity contribution in [3.63, 3.8) is 0 Å². The molecule has 1 unspecified atom stereocenters. The van der Waals surface area contributed by atoms with Gasteiger partial charge in [-0.3, -0.25) is 14.6 Å². The number of pyridine rings is 1. The molecule has 0 radical (unpaired) electrons. The fourth-order valence-corrected chi connectivity index (χ4v) is 2.92. The summed E-state index contributed by atoms with van der Waals surface area (Å²) < 4.78 is 0. The number of aliphatic carboxylic acids is 1. The topological polar surface area (TPSA) is 73.7 Å². The summed E-state index contributed by atoms with van der Waals surface area (Å²) in [5, 5.41) is 8.80. The Morgan fingerprint density at radius 2 is 2.23 bits per heavy atom. The molecule has 0 spiro atoms. The summed E-state index contributed by atoms with van der Waals surface area (Å²) in [6.07, 6.45) is 6.00. The van der Waals surface area contributed by atoms with Gasteiger partial charge in [-0.05, 0) is 31.2 Å². The highest BCUT2D eigenvalue weighted by Gasteiger charge is 2.26. The molecule has 6 nitrogen and oxygen atoms in total. The van der Waals surface area contributed by atoms with Gasteiger partial charge in [-0.1, -0.05) is 0 Å². The van der Waals surface area contributed by atoms with E-state index in [0.29, 0.717) is 18.5 Å². The van der Waals surface area contributed by atoms with Crippen LogP contribution in [0.4, 0.5) is 5.69 Å². The predicted molar refractivity (Wildman–Crippen MR) is 84.1 cm³/mol. The molecule has 1 N–H and O–H groups in total. The first kappa shape index (κ1) is 16.3. The molecule has 1 aromatic heterocycles. The van der Waals surface area contributed by atoms with Gasteiger partial charge in [0.25, 0.3) is 5.91 Å².